The van der Waals surface area contributed by atoms with Crippen molar-refractivity contribution >= 4 is 28.5 Å². The molecule has 1 heterocycles. The second kappa shape index (κ2) is 7.43. The predicted octanol–water partition coefficient (Wildman–Crippen LogP) is 2.24. The highest BCUT2D eigenvalue weighted by Gasteiger charge is 2.11. The summed E-state index contributed by atoms with van der Waals surface area (Å²) in [6.07, 6.45) is 0.396. The lowest BCUT2D eigenvalue weighted by Crippen LogP contribution is -2.27. The quantitative estimate of drug-likeness (QED) is 0.630. The molecule has 0 aliphatic rings. The van der Waals surface area contributed by atoms with Gasteiger partial charge in [0.25, 0.3) is 0 Å². The number of fused-ring (bicyclic) bond motifs is 1. The van der Waals surface area contributed by atoms with E-state index in [0.717, 1.165) is 22.4 Å². The average Bonchev–Trinajstić information content (AvgIpc) is 2.82. The maximum atomic E-state index is 11.8. The molecule has 0 unspecified atom stereocenters. The number of nitrogens with one attached hydrogen (secondary N) is 1. The highest BCUT2D eigenvalue weighted by molar-refractivity contribution is 6.16. The molecule has 0 radical (unpaired) electrons. The van der Waals surface area contributed by atoms with E-state index in [4.69, 9.17) is 16.3 Å². The first-order chi connectivity index (χ1) is 10.2. The smallest absolute Gasteiger partial charge is 0.221 e. The van der Waals surface area contributed by atoms with Gasteiger partial charge in [0.15, 0.2) is 0 Å². The number of nitrogens with zero attached hydrogens (tertiary/aromatic N) is 2. The number of hydrogen-bond acceptors (Lipinski definition) is 3. The summed E-state index contributed by atoms with van der Waals surface area (Å²) in [4.78, 5) is 16.3. The number of imidazole rings is 1. The molecule has 6 heteroatoms. The van der Waals surface area contributed by atoms with Crippen LogP contribution in [0.3, 0.4) is 0 Å². The molecule has 1 amide bonds. The Morgan fingerprint density at radius 2 is 2.29 bits per heavy atom. The molecule has 0 fully saturated rings. The number of alkyl halides is 1. The normalized spacial score (nSPS) is 11.0. The summed E-state index contributed by atoms with van der Waals surface area (Å²) in [6.45, 7) is 3.66. The van der Waals surface area contributed by atoms with E-state index in [1.807, 2.05) is 23.6 Å². The van der Waals surface area contributed by atoms with Gasteiger partial charge in [-0.05, 0) is 24.6 Å². The highest BCUT2D eigenvalue weighted by atomic mass is 35.5. The Morgan fingerprint density at radius 1 is 1.48 bits per heavy atom. The lowest BCUT2D eigenvalue weighted by atomic mass is 10.2. The highest BCUT2D eigenvalue weighted by Crippen LogP contribution is 2.19. The second-order valence-corrected chi connectivity index (χ2v) is 5.17. The summed E-state index contributed by atoms with van der Waals surface area (Å²) < 4.78 is 6.92. The Bertz CT molecular complexity index is 625. The Labute approximate surface area is 129 Å². The van der Waals surface area contributed by atoms with Crippen molar-refractivity contribution in [3.63, 3.8) is 0 Å². The molecule has 1 N–H and O–H groups in total. The Morgan fingerprint density at radius 3 is 3.00 bits per heavy atom. The maximum absolute atomic E-state index is 11.8. The largest absolute Gasteiger partial charge is 0.383 e. The number of carbonyl (C=O) groups is 1. The lowest BCUT2D eigenvalue weighted by molar-refractivity contribution is -0.121. The van der Waals surface area contributed by atoms with Crippen LogP contribution in [0.25, 0.3) is 11.0 Å². The van der Waals surface area contributed by atoms with Crippen molar-refractivity contribution in [2.75, 3.05) is 20.3 Å². The van der Waals surface area contributed by atoms with Crippen molar-refractivity contribution in [2.24, 2.45) is 0 Å². The van der Waals surface area contributed by atoms with E-state index in [1.54, 1.807) is 7.11 Å². The van der Waals surface area contributed by atoms with Crippen molar-refractivity contribution in [3.8, 4) is 0 Å². The minimum Gasteiger partial charge on any atom is -0.383 e. The first-order valence-electron chi connectivity index (χ1n) is 6.93. The van der Waals surface area contributed by atoms with Gasteiger partial charge in [0.05, 0.1) is 23.5 Å². The number of rotatable bonds is 7. The fourth-order valence-electron chi connectivity index (χ4n) is 2.23. The monoisotopic (exact) mass is 309 g/mol. The summed E-state index contributed by atoms with van der Waals surface area (Å²) >= 11 is 5.96. The van der Waals surface area contributed by atoms with E-state index in [-0.39, 0.29) is 5.91 Å². The molecule has 5 nitrogen and oxygen atoms in total. The zero-order chi connectivity index (χ0) is 15.2. The number of methoxy groups -OCH3 is 1. The summed E-state index contributed by atoms with van der Waals surface area (Å²) in [5, 5.41) is 2.81. The zero-order valence-electron chi connectivity index (χ0n) is 12.4. The first-order valence-corrected chi connectivity index (χ1v) is 7.46. The molecular weight excluding hydrogens is 290 g/mol. The minimum atomic E-state index is 0.00192. The molecule has 1 aromatic carbocycles. The predicted molar refractivity (Wildman–Crippen MR) is 83.5 cm³/mol. The third-order valence-electron chi connectivity index (χ3n) is 3.29. The molecular formula is C15H20ClN3O2. The fourth-order valence-corrected chi connectivity index (χ4v) is 2.43. The van der Waals surface area contributed by atoms with Crippen molar-refractivity contribution in [2.45, 2.75) is 25.8 Å². The van der Waals surface area contributed by atoms with Crippen LogP contribution < -0.4 is 5.32 Å². The number of amides is 1. The first kappa shape index (κ1) is 15.8. The average molecular weight is 310 g/mol. The minimum absolute atomic E-state index is 0.00192. The van der Waals surface area contributed by atoms with Gasteiger partial charge in [-0.25, -0.2) is 4.98 Å². The van der Waals surface area contributed by atoms with Crippen molar-refractivity contribution in [3.05, 3.63) is 29.6 Å². The molecule has 2 aromatic rings. The Kier molecular flexibility index (Phi) is 5.59. The van der Waals surface area contributed by atoms with Gasteiger partial charge >= 0.3 is 0 Å². The lowest BCUT2D eigenvalue weighted by Gasteiger charge is -2.08. The number of halogens is 1. The third kappa shape index (κ3) is 3.95. The number of carbonyl (C=O) groups excluding carboxylic acids is 1. The zero-order valence-corrected chi connectivity index (χ0v) is 13.1. The van der Waals surface area contributed by atoms with Crippen molar-refractivity contribution in [1.82, 2.24) is 14.9 Å². The van der Waals surface area contributed by atoms with E-state index in [0.29, 0.717) is 32.0 Å². The molecule has 0 spiro atoms. The molecule has 0 saturated heterocycles. The second-order valence-electron chi connectivity index (χ2n) is 4.90. The molecule has 0 saturated carbocycles. The molecule has 0 bridgehead atoms. The Balaban J connectivity index is 2.10. The number of aryl methyl sites for hydroxylation is 2. The SMILES string of the molecule is COCCNC(=O)CCn1c(CCl)nc2ccc(C)cc21. The van der Waals surface area contributed by atoms with E-state index in [1.165, 1.54) is 0 Å². The summed E-state index contributed by atoms with van der Waals surface area (Å²) in [5.74, 6) is 1.13. The van der Waals surface area contributed by atoms with Crippen LogP contribution >= 0.6 is 11.6 Å². The van der Waals surface area contributed by atoms with Gasteiger partial charge in [0.2, 0.25) is 5.91 Å². The van der Waals surface area contributed by atoms with E-state index in [2.05, 4.69) is 16.4 Å². The molecule has 0 atom stereocenters. The van der Waals surface area contributed by atoms with Gasteiger partial charge < -0.3 is 14.6 Å². The van der Waals surface area contributed by atoms with Crippen LogP contribution in [0.2, 0.25) is 0 Å². The van der Waals surface area contributed by atoms with Gasteiger partial charge in [0.1, 0.15) is 5.82 Å². The van der Waals surface area contributed by atoms with E-state index < -0.39 is 0 Å². The Hall–Kier alpha value is -1.59. The van der Waals surface area contributed by atoms with E-state index in [9.17, 15) is 4.79 Å². The van der Waals surface area contributed by atoms with Crippen LogP contribution in [-0.2, 0) is 22.0 Å². The van der Waals surface area contributed by atoms with Gasteiger partial charge in [0, 0.05) is 26.6 Å². The summed E-state index contributed by atoms with van der Waals surface area (Å²) in [6, 6.07) is 6.08. The van der Waals surface area contributed by atoms with Crippen molar-refractivity contribution in [1.29, 1.82) is 0 Å². The molecule has 21 heavy (non-hydrogen) atoms. The van der Waals surface area contributed by atoms with Crippen LogP contribution in [0.5, 0.6) is 0 Å². The van der Waals surface area contributed by atoms with Crippen LogP contribution in [0, 0.1) is 6.92 Å². The van der Waals surface area contributed by atoms with Crippen LogP contribution in [0.1, 0.15) is 17.8 Å². The van der Waals surface area contributed by atoms with Gasteiger partial charge in [-0.1, -0.05) is 6.07 Å². The van der Waals surface area contributed by atoms with E-state index >= 15 is 0 Å². The number of hydrogen-bond donors (Lipinski definition) is 1. The van der Waals surface area contributed by atoms with Crippen LogP contribution in [-0.4, -0.2) is 35.7 Å². The van der Waals surface area contributed by atoms with Gasteiger partial charge in [-0.3, -0.25) is 4.79 Å². The number of aromatic nitrogens is 2. The number of benzene rings is 1. The van der Waals surface area contributed by atoms with Crippen LogP contribution in [0.4, 0.5) is 0 Å². The van der Waals surface area contributed by atoms with Crippen molar-refractivity contribution < 1.29 is 9.53 Å². The fraction of sp³-hybridized carbons (Fsp3) is 0.467. The van der Waals surface area contributed by atoms with Gasteiger partial charge in [-0.2, -0.15) is 0 Å². The molecule has 0 aliphatic heterocycles. The summed E-state index contributed by atoms with van der Waals surface area (Å²) in [5.41, 5.74) is 3.10. The third-order valence-corrected chi connectivity index (χ3v) is 3.53. The molecule has 2 rings (SSSR count). The summed E-state index contributed by atoms with van der Waals surface area (Å²) in [7, 11) is 1.61. The van der Waals surface area contributed by atoms with Crippen LogP contribution in [0.15, 0.2) is 18.2 Å². The number of ether oxygens (including phenoxy) is 1. The molecule has 114 valence electrons. The molecule has 0 aliphatic carbocycles. The maximum Gasteiger partial charge on any atom is 0.221 e. The topological polar surface area (TPSA) is 56.1 Å². The van der Waals surface area contributed by atoms with Gasteiger partial charge in [-0.15, -0.1) is 11.6 Å². The molecule has 1 aromatic heterocycles. The standard InChI is InChI=1S/C15H20ClN3O2/c1-11-3-4-12-13(9-11)19(14(10-16)18-12)7-5-15(20)17-6-8-21-2/h3-4,9H,5-8,10H2,1-2H3,(H,17,20).